The molecule has 0 bridgehead atoms. The SMILES string of the molecule is CC(=O)/C=C(/C)[N-]C1CCCC1.CC(C)(C)c1cc(-c2nccc3c2sc2cc4c(cc23)C(C)(C)CCC4(C)C)[c-]c2ccccc12.[Ir]. The molecule has 1 fully saturated rings. The zero-order valence-electron chi connectivity index (χ0n) is 30.1. The third-order valence-corrected chi connectivity index (χ3v) is 11.5. The second kappa shape index (κ2) is 13.8. The number of thiophene rings is 1. The van der Waals surface area contributed by atoms with Gasteiger partial charge >= 0.3 is 0 Å². The molecule has 0 saturated heterocycles. The predicted molar refractivity (Wildman–Crippen MR) is 203 cm³/mol. The Kier molecular flexibility index (Phi) is 10.5. The van der Waals surface area contributed by atoms with Crippen molar-refractivity contribution in [3.8, 4) is 11.3 Å². The summed E-state index contributed by atoms with van der Waals surface area (Å²) in [5.74, 6) is 0.0919. The Morgan fingerprint density at radius 2 is 1.56 bits per heavy atom. The summed E-state index contributed by atoms with van der Waals surface area (Å²) in [6.45, 7) is 20.0. The van der Waals surface area contributed by atoms with E-state index in [-0.39, 0.29) is 42.1 Å². The van der Waals surface area contributed by atoms with Crippen molar-refractivity contribution in [3.63, 3.8) is 0 Å². The van der Waals surface area contributed by atoms with Gasteiger partial charge in [0.05, 0.1) is 0 Å². The fourth-order valence-corrected chi connectivity index (χ4v) is 8.81. The van der Waals surface area contributed by atoms with Crippen LogP contribution in [0.5, 0.6) is 0 Å². The first-order valence-electron chi connectivity index (χ1n) is 17.4. The summed E-state index contributed by atoms with van der Waals surface area (Å²) in [6, 6.07) is 22.4. The molecule has 5 heteroatoms. The number of nitrogens with zero attached hydrogens (tertiary/aromatic N) is 2. The van der Waals surface area contributed by atoms with Crippen LogP contribution in [-0.4, -0.2) is 16.8 Å². The van der Waals surface area contributed by atoms with Crippen molar-refractivity contribution < 1.29 is 24.9 Å². The first kappa shape index (κ1) is 36.4. The normalized spacial score (nSPS) is 17.5. The van der Waals surface area contributed by atoms with Gasteiger partial charge in [0.15, 0.2) is 5.78 Å². The molecule has 2 aliphatic rings. The number of aromatic nitrogens is 1. The number of pyridine rings is 1. The molecule has 5 aromatic rings. The standard InChI is InChI=1S/C33H34NS.C10H17NO.Ir/c1-31(2,3)25-17-21(16-20-10-8-9-11-22(20)25)29-30-23(12-15-34-29)24-18-26-27(19-28(24)35-30)33(6,7)14-13-32(26,4)5;1-8(7-9(2)12)11-10-5-3-4-6-10;/h8-12,15,17-19H,13-14H2,1-7H3;7,10H,3-6H2,1-2H3,(H,11,12);/q-1;;/p-1. The van der Waals surface area contributed by atoms with Crippen molar-refractivity contribution in [2.45, 2.75) is 123 Å². The zero-order valence-corrected chi connectivity index (χ0v) is 33.3. The molecule has 0 spiro atoms. The van der Waals surface area contributed by atoms with E-state index in [1.165, 1.54) is 80.8 Å². The van der Waals surface area contributed by atoms with Crippen LogP contribution >= 0.6 is 11.3 Å². The largest absolute Gasteiger partial charge is 0.685 e. The minimum Gasteiger partial charge on any atom is -0.685 e. The minimum atomic E-state index is 0. The molecule has 3 nitrogen and oxygen atoms in total. The van der Waals surface area contributed by atoms with Gasteiger partial charge in [0.1, 0.15) is 0 Å². The van der Waals surface area contributed by atoms with Gasteiger partial charge in [-0.05, 0) is 76.8 Å². The van der Waals surface area contributed by atoms with Gasteiger partial charge in [-0.2, -0.15) is 5.70 Å². The molecule has 0 aliphatic heterocycles. The number of carbonyl (C=O) groups is 1. The number of rotatable bonds is 4. The van der Waals surface area contributed by atoms with Crippen LogP contribution in [0.2, 0.25) is 0 Å². The van der Waals surface area contributed by atoms with Gasteiger partial charge in [-0.15, -0.1) is 46.5 Å². The fraction of sp³-hybridized carbons (Fsp3) is 0.442. The first-order valence-corrected chi connectivity index (χ1v) is 18.2. The summed E-state index contributed by atoms with van der Waals surface area (Å²) in [5.41, 5.74) is 7.87. The molecule has 1 saturated carbocycles. The Bertz CT molecular complexity index is 2000. The third kappa shape index (κ3) is 7.35. The summed E-state index contributed by atoms with van der Waals surface area (Å²) < 4.78 is 2.64. The molecule has 7 rings (SSSR count). The number of benzene rings is 3. The summed E-state index contributed by atoms with van der Waals surface area (Å²) >= 11 is 1.89. The van der Waals surface area contributed by atoms with Crippen molar-refractivity contribution in [2.75, 3.05) is 0 Å². The monoisotopic (exact) mass is 835 g/mol. The maximum atomic E-state index is 10.7. The first-order chi connectivity index (χ1) is 22.1. The molecular weight excluding hydrogens is 785 g/mol. The molecule has 255 valence electrons. The van der Waals surface area contributed by atoms with E-state index in [9.17, 15) is 4.79 Å². The van der Waals surface area contributed by atoms with Crippen molar-refractivity contribution in [1.29, 1.82) is 0 Å². The molecule has 0 atom stereocenters. The molecule has 2 aliphatic carbocycles. The molecular formula is C43H50IrN2OS-2. The van der Waals surface area contributed by atoms with E-state index in [1.54, 1.807) is 13.0 Å². The van der Waals surface area contributed by atoms with Gasteiger partial charge in [0, 0.05) is 46.8 Å². The van der Waals surface area contributed by atoms with Crippen LogP contribution < -0.4 is 0 Å². The number of hydrogen-bond donors (Lipinski definition) is 0. The Balaban J connectivity index is 0.000000296. The van der Waals surface area contributed by atoms with Gasteiger partial charge in [0.2, 0.25) is 0 Å². The van der Waals surface area contributed by atoms with E-state index < -0.39 is 0 Å². The summed E-state index contributed by atoms with van der Waals surface area (Å²) in [7, 11) is 0. The molecule has 3 aromatic carbocycles. The molecule has 2 heterocycles. The van der Waals surface area contributed by atoms with Gasteiger partial charge in [-0.3, -0.25) is 9.78 Å². The van der Waals surface area contributed by atoms with Crippen molar-refractivity contribution in [2.24, 2.45) is 0 Å². The molecule has 0 N–H and O–H groups in total. The average Bonchev–Trinajstić information content (AvgIpc) is 3.65. The number of carbonyl (C=O) groups excluding carboxylic acids is 1. The Hall–Kier alpha value is -2.85. The zero-order chi connectivity index (χ0) is 33.7. The van der Waals surface area contributed by atoms with Crippen molar-refractivity contribution in [1.82, 2.24) is 4.98 Å². The van der Waals surface area contributed by atoms with E-state index in [2.05, 4.69) is 108 Å². The number of fused-ring (bicyclic) bond motifs is 5. The maximum Gasteiger partial charge on any atom is 0.151 e. The van der Waals surface area contributed by atoms with Crippen LogP contribution in [-0.2, 0) is 41.1 Å². The molecule has 2 aromatic heterocycles. The van der Waals surface area contributed by atoms with Crippen molar-refractivity contribution >= 4 is 48.1 Å². The van der Waals surface area contributed by atoms with Gasteiger partial charge in [0.25, 0.3) is 0 Å². The Morgan fingerprint density at radius 1 is 0.917 bits per heavy atom. The van der Waals surface area contributed by atoms with Crippen LogP contribution in [0.15, 0.2) is 66.5 Å². The van der Waals surface area contributed by atoms with Crippen LogP contribution in [0, 0.1) is 6.07 Å². The Morgan fingerprint density at radius 3 is 2.21 bits per heavy atom. The van der Waals surface area contributed by atoms with E-state index in [0.717, 1.165) is 22.3 Å². The van der Waals surface area contributed by atoms with Crippen LogP contribution in [0.3, 0.4) is 0 Å². The second-order valence-electron chi connectivity index (χ2n) is 16.2. The number of allylic oxidation sites excluding steroid dienone is 2. The molecule has 0 unspecified atom stereocenters. The average molecular weight is 835 g/mol. The number of ketones is 1. The van der Waals surface area contributed by atoms with E-state index in [1.807, 2.05) is 24.5 Å². The van der Waals surface area contributed by atoms with E-state index >= 15 is 0 Å². The van der Waals surface area contributed by atoms with Crippen LogP contribution in [0.25, 0.3) is 47.5 Å². The van der Waals surface area contributed by atoms with Crippen LogP contribution in [0.4, 0.5) is 0 Å². The third-order valence-electron chi connectivity index (χ3n) is 10.3. The molecule has 0 amide bonds. The fourth-order valence-electron chi connectivity index (χ4n) is 7.59. The quantitative estimate of drug-likeness (QED) is 0.134. The summed E-state index contributed by atoms with van der Waals surface area (Å²) in [6.07, 6.45) is 11.0. The van der Waals surface area contributed by atoms with Gasteiger partial charge in [-0.25, -0.2) is 0 Å². The van der Waals surface area contributed by atoms with E-state index in [0.29, 0.717) is 6.04 Å². The van der Waals surface area contributed by atoms with E-state index in [4.69, 9.17) is 4.98 Å². The smallest absolute Gasteiger partial charge is 0.151 e. The van der Waals surface area contributed by atoms with Gasteiger partial charge in [-0.1, -0.05) is 110 Å². The maximum absolute atomic E-state index is 10.7. The minimum absolute atomic E-state index is 0. The van der Waals surface area contributed by atoms with Gasteiger partial charge < -0.3 is 5.32 Å². The number of hydrogen-bond acceptors (Lipinski definition) is 3. The van der Waals surface area contributed by atoms with Crippen molar-refractivity contribution in [3.05, 3.63) is 94.6 Å². The predicted octanol–water partition coefficient (Wildman–Crippen LogP) is 12.5. The molecule has 48 heavy (non-hydrogen) atoms. The summed E-state index contributed by atoms with van der Waals surface area (Å²) in [5, 5.41) is 9.59. The second-order valence-corrected chi connectivity index (χ2v) is 17.2. The molecule has 1 radical (unpaired) electrons. The van der Waals surface area contributed by atoms with Crippen LogP contribution in [0.1, 0.15) is 118 Å². The summed E-state index contributed by atoms with van der Waals surface area (Å²) in [4.78, 5) is 15.6. The topological polar surface area (TPSA) is 44.1 Å². The Labute approximate surface area is 305 Å².